The van der Waals surface area contributed by atoms with E-state index >= 15 is 0 Å². The highest BCUT2D eigenvalue weighted by atomic mass is 35.5. The van der Waals surface area contributed by atoms with E-state index in [0.29, 0.717) is 10.7 Å². The lowest BCUT2D eigenvalue weighted by Gasteiger charge is -2.34. The highest BCUT2D eigenvalue weighted by molar-refractivity contribution is 7.89. The topological polar surface area (TPSA) is 87.7 Å². The van der Waals surface area contributed by atoms with Gasteiger partial charge in [-0.25, -0.2) is 12.8 Å². The first kappa shape index (κ1) is 22.5. The minimum absolute atomic E-state index is 0.119. The molecule has 0 bridgehead atoms. The number of benzene rings is 2. The van der Waals surface area contributed by atoms with Crippen molar-refractivity contribution in [1.29, 1.82) is 0 Å². The van der Waals surface area contributed by atoms with Crippen LogP contribution in [0, 0.1) is 5.82 Å². The number of anilines is 2. The molecule has 3 rings (SSSR count). The number of hydrogen-bond acceptors (Lipinski definition) is 5. The third-order valence-corrected chi connectivity index (χ3v) is 6.61. The van der Waals surface area contributed by atoms with Gasteiger partial charge < -0.3 is 15.4 Å². The summed E-state index contributed by atoms with van der Waals surface area (Å²) in [6, 6.07) is 9.92. The number of rotatable bonds is 6. The third kappa shape index (κ3) is 5.48. The molecule has 1 saturated heterocycles. The number of carbonyl (C=O) groups excluding carboxylic acids is 1. The zero-order valence-electron chi connectivity index (χ0n) is 16.6. The molecule has 162 valence electrons. The maximum Gasteiger partial charge on any atom is 0.243 e. The lowest BCUT2D eigenvalue weighted by Crippen LogP contribution is -2.48. The van der Waals surface area contributed by atoms with Crippen molar-refractivity contribution in [1.82, 2.24) is 4.31 Å². The van der Waals surface area contributed by atoms with Crippen molar-refractivity contribution < 1.29 is 22.3 Å². The molecule has 0 aliphatic carbocycles. The molecule has 1 amide bonds. The Bertz CT molecular complexity index is 1010. The van der Waals surface area contributed by atoms with Crippen LogP contribution in [0.4, 0.5) is 15.8 Å². The van der Waals surface area contributed by atoms with Crippen LogP contribution in [0.2, 0.25) is 5.02 Å². The van der Waals surface area contributed by atoms with Gasteiger partial charge in [0.1, 0.15) is 5.82 Å². The SMILES string of the molecule is C[C@H]1CN(S(=O)(=O)c2ccc(NC(=O)CNc3cc(Cl)ccc3F)cc2)C[C@H](C)O1. The Labute approximate surface area is 180 Å². The van der Waals surface area contributed by atoms with E-state index in [2.05, 4.69) is 10.6 Å². The van der Waals surface area contributed by atoms with E-state index in [1.807, 2.05) is 13.8 Å². The van der Waals surface area contributed by atoms with Crippen LogP contribution in [-0.2, 0) is 19.6 Å². The number of amides is 1. The Morgan fingerprint density at radius 1 is 1.17 bits per heavy atom. The summed E-state index contributed by atoms with van der Waals surface area (Å²) < 4.78 is 46.4. The Hall–Kier alpha value is -2.20. The second kappa shape index (κ2) is 9.30. The zero-order valence-corrected chi connectivity index (χ0v) is 18.1. The fraction of sp³-hybridized carbons (Fsp3) is 0.350. The van der Waals surface area contributed by atoms with Gasteiger partial charge in [-0.2, -0.15) is 4.31 Å². The molecule has 0 unspecified atom stereocenters. The Balaban J connectivity index is 1.61. The summed E-state index contributed by atoms with van der Waals surface area (Å²) in [5.41, 5.74) is 0.545. The average molecular weight is 456 g/mol. The first-order chi connectivity index (χ1) is 14.1. The summed E-state index contributed by atoms with van der Waals surface area (Å²) in [4.78, 5) is 12.3. The average Bonchev–Trinajstić information content (AvgIpc) is 2.68. The molecule has 2 aromatic carbocycles. The monoisotopic (exact) mass is 455 g/mol. The number of morpholine rings is 1. The van der Waals surface area contributed by atoms with Crippen molar-refractivity contribution in [3.8, 4) is 0 Å². The van der Waals surface area contributed by atoms with Crippen molar-refractivity contribution in [2.24, 2.45) is 0 Å². The molecule has 1 aliphatic rings. The van der Waals surface area contributed by atoms with E-state index in [0.717, 1.165) is 0 Å². The lowest BCUT2D eigenvalue weighted by molar-refractivity contribution is -0.114. The fourth-order valence-electron chi connectivity index (χ4n) is 3.20. The van der Waals surface area contributed by atoms with Crippen molar-refractivity contribution in [2.75, 3.05) is 30.3 Å². The molecule has 2 N–H and O–H groups in total. The number of halogens is 2. The third-order valence-electron chi connectivity index (χ3n) is 4.53. The maximum atomic E-state index is 13.7. The predicted molar refractivity (Wildman–Crippen MR) is 114 cm³/mol. The molecular weight excluding hydrogens is 433 g/mol. The molecule has 0 saturated carbocycles. The highest BCUT2D eigenvalue weighted by Crippen LogP contribution is 2.23. The minimum Gasteiger partial charge on any atom is -0.374 e. The number of nitrogens with one attached hydrogen (secondary N) is 2. The first-order valence-corrected chi connectivity index (χ1v) is 11.2. The van der Waals surface area contributed by atoms with Crippen LogP contribution in [0.1, 0.15) is 13.8 Å². The van der Waals surface area contributed by atoms with Crippen LogP contribution >= 0.6 is 11.6 Å². The molecule has 10 heteroatoms. The second-order valence-corrected chi connectivity index (χ2v) is 9.50. The number of carbonyl (C=O) groups is 1. The predicted octanol–water partition coefficient (Wildman–Crippen LogP) is 3.33. The minimum atomic E-state index is -3.65. The van der Waals surface area contributed by atoms with Gasteiger partial charge >= 0.3 is 0 Å². The van der Waals surface area contributed by atoms with E-state index in [1.165, 1.54) is 46.8 Å². The number of ether oxygens (including phenoxy) is 1. The molecule has 30 heavy (non-hydrogen) atoms. The van der Waals surface area contributed by atoms with E-state index < -0.39 is 21.7 Å². The van der Waals surface area contributed by atoms with Gasteiger partial charge in [0, 0.05) is 23.8 Å². The van der Waals surface area contributed by atoms with Crippen LogP contribution < -0.4 is 10.6 Å². The van der Waals surface area contributed by atoms with Crippen molar-refractivity contribution in [2.45, 2.75) is 31.0 Å². The zero-order chi connectivity index (χ0) is 21.9. The Morgan fingerprint density at radius 2 is 1.80 bits per heavy atom. The van der Waals surface area contributed by atoms with Gasteiger partial charge in [-0.3, -0.25) is 4.79 Å². The van der Waals surface area contributed by atoms with E-state index in [4.69, 9.17) is 16.3 Å². The van der Waals surface area contributed by atoms with Crippen LogP contribution in [0.25, 0.3) is 0 Å². The molecule has 2 atom stereocenters. The van der Waals surface area contributed by atoms with E-state index in [-0.39, 0.29) is 42.4 Å². The molecule has 0 radical (unpaired) electrons. The van der Waals surface area contributed by atoms with Crippen LogP contribution in [0.5, 0.6) is 0 Å². The van der Waals surface area contributed by atoms with Crippen molar-refractivity contribution in [3.05, 3.63) is 53.3 Å². The quantitative estimate of drug-likeness (QED) is 0.697. The Kier molecular flexibility index (Phi) is 6.97. The fourth-order valence-corrected chi connectivity index (χ4v) is 4.96. The van der Waals surface area contributed by atoms with Gasteiger partial charge in [0.2, 0.25) is 15.9 Å². The van der Waals surface area contributed by atoms with Gasteiger partial charge in [0.05, 0.1) is 29.3 Å². The molecule has 7 nitrogen and oxygen atoms in total. The van der Waals surface area contributed by atoms with Crippen molar-refractivity contribution in [3.63, 3.8) is 0 Å². The smallest absolute Gasteiger partial charge is 0.243 e. The van der Waals surface area contributed by atoms with Gasteiger partial charge in [0.25, 0.3) is 0 Å². The first-order valence-electron chi connectivity index (χ1n) is 9.39. The maximum absolute atomic E-state index is 13.7. The number of hydrogen-bond donors (Lipinski definition) is 2. The van der Waals surface area contributed by atoms with Gasteiger partial charge in [-0.1, -0.05) is 11.6 Å². The lowest BCUT2D eigenvalue weighted by atomic mass is 10.3. The molecule has 0 spiro atoms. The summed E-state index contributed by atoms with van der Waals surface area (Å²) >= 11 is 5.82. The molecule has 0 aromatic heterocycles. The highest BCUT2D eigenvalue weighted by Gasteiger charge is 2.32. The van der Waals surface area contributed by atoms with Gasteiger partial charge in [-0.15, -0.1) is 0 Å². The molecular formula is C20H23ClFN3O4S. The summed E-state index contributed by atoms with van der Waals surface area (Å²) in [5.74, 6) is -0.936. The van der Waals surface area contributed by atoms with Crippen LogP contribution in [0.15, 0.2) is 47.4 Å². The summed E-state index contributed by atoms with van der Waals surface area (Å²) in [5, 5.41) is 5.66. The largest absolute Gasteiger partial charge is 0.374 e. The normalized spacial score (nSPS) is 20.0. The summed E-state index contributed by atoms with van der Waals surface area (Å²) in [7, 11) is -3.65. The summed E-state index contributed by atoms with van der Waals surface area (Å²) in [6.07, 6.45) is -0.363. The van der Waals surface area contributed by atoms with Gasteiger partial charge in [-0.05, 0) is 56.3 Å². The second-order valence-electron chi connectivity index (χ2n) is 7.13. The molecule has 1 fully saturated rings. The standard InChI is InChI=1S/C20H23ClFN3O4S/c1-13-11-25(12-14(2)29-13)30(27,28)17-6-4-16(5-7-17)24-20(26)10-23-19-9-15(21)3-8-18(19)22/h3-9,13-14,23H,10-12H2,1-2H3,(H,24,26)/t13-,14-/m0/s1. The molecule has 1 aliphatic heterocycles. The Morgan fingerprint density at radius 3 is 2.43 bits per heavy atom. The number of sulfonamides is 1. The van der Waals surface area contributed by atoms with E-state index in [1.54, 1.807) is 0 Å². The molecule has 1 heterocycles. The molecule has 2 aromatic rings. The van der Waals surface area contributed by atoms with Crippen LogP contribution in [0.3, 0.4) is 0 Å². The van der Waals surface area contributed by atoms with Crippen LogP contribution in [-0.4, -0.2) is 50.5 Å². The van der Waals surface area contributed by atoms with Gasteiger partial charge in [0.15, 0.2) is 0 Å². The van der Waals surface area contributed by atoms with E-state index in [9.17, 15) is 17.6 Å². The summed E-state index contributed by atoms with van der Waals surface area (Å²) in [6.45, 7) is 4.06. The number of nitrogens with zero attached hydrogens (tertiary/aromatic N) is 1. The van der Waals surface area contributed by atoms with Crippen molar-refractivity contribution >= 4 is 38.9 Å².